The van der Waals surface area contributed by atoms with Gasteiger partial charge in [-0.15, -0.1) is 10.2 Å². The van der Waals surface area contributed by atoms with Crippen molar-refractivity contribution in [2.45, 2.75) is 71.9 Å². The van der Waals surface area contributed by atoms with Crippen LogP contribution in [0.4, 0.5) is 0 Å². The molecule has 0 bridgehead atoms. The number of rotatable bonds is 6. The van der Waals surface area contributed by atoms with Crippen molar-refractivity contribution < 1.29 is 4.79 Å². The van der Waals surface area contributed by atoms with Crippen LogP contribution in [0.1, 0.15) is 70.6 Å². The largest absolute Gasteiger partial charge is 0.346 e. The predicted octanol–water partition coefficient (Wildman–Crippen LogP) is 2.62. The Morgan fingerprint density at radius 3 is 2.90 bits per heavy atom. The van der Waals surface area contributed by atoms with Crippen LogP contribution in [0.15, 0.2) is 0 Å². The van der Waals surface area contributed by atoms with Crippen LogP contribution in [0, 0.1) is 5.92 Å². The van der Waals surface area contributed by atoms with Crippen molar-refractivity contribution in [3.63, 3.8) is 0 Å². The maximum Gasteiger partial charge on any atom is 0.220 e. The minimum absolute atomic E-state index is 0.0596. The normalized spacial score (nSPS) is 17.4. The van der Waals surface area contributed by atoms with Crippen molar-refractivity contribution in [3.8, 4) is 0 Å². The molecule has 0 spiro atoms. The Hall–Kier alpha value is -1.39. The van der Waals surface area contributed by atoms with Gasteiger partial charge in [0, 0.05) is 19.4 Å². The quantitative estimate of drug-likeness (QED) is 0.870. The lowest BCUT2D eigenvalue weighted by atomic mass is 10.0. The van der Waals surface area contributed by atoms with Crippen LogP contribution >= 0.6 is 0 Å². The molecule has 0 saturated carbocycles. The highest BCUT2D eigenvalue weighted by Crippen LogP contribution is 2.19. The molecule has 0 saturated heterocycles. The predicted molar refractivity (Wildman–Crippen MR) is 78.2 cm³/mol. The maximum absolute atomic E-state index is 12.0. The van der Waals surface area contributed by atoms with Gasteiger partial charge in [-0.3, -0.25) is 4.79 Å². The van der Waals surface area contributed by atoms with Crippen molar-refractivity contribution in [1.29, 1.82) is 0 Å². The van der Waals surface area contributed by atoms with Gasteiger partial charge in [0.1, 0.15) is 5.82 Å². The molecular weight excluding hydrogens is 252 g/mol. The third kappa shape index (κ3) is 3.58. The van der Waals surface area contributed by atoms with E-state index in [4.69, 9.17) is 0 Å². The fraction of sp³-hybridized carbons (Fsp3) is 0.800. The van der Waals surface area contributed by atoms with Crippen molar-refractivity contribution in [2.75, 3.05) is 0 Å². The average molecular weight is 278 g/mol. The van der Waals surface area contributed by atoms with Crippen LogP contribution < -0.4 is 5.32 Å². The molecule has 1 aromatic rings. The molecule has 0 aromatic carbocycles. The number of carbonyl (C=O) groups excluding carboxylic acids is 1. The van der Waals surface area contributed by atoms with E-state index in [0.29, 0.717) is 12.3 Å². The first kappa shape index (κ1) is 15.0. The SMILES string of the molecule is CCC[C@H](C)CC(=O)N[C@H](C)c1nnc2n1CCCC2. The highest BCUT2D eigenvalue weighted by atomic mass is 16.1. The Balaban J connectivity index is 1.93. The van der Waals surface area contributed by atoms with E-state index in [1.165, 1.54) is 12.8 Å². The first-order valence-corrected chi connectivity index (χ1v) is 7.83. The Bertz CT molecular complexity index is 455. The Morgan fingerprint density at radius 2 is 2.15 bits per heavy atom. The lowest BCUT2D eigenvalue weighted by molar-refractivity contribution is -0.122. The molecule has 1 amide bonds. The van der Waals surface area contributed by atoms with Gasteiger partial charge in [-0.1, -0.05) is 26.7 Å². The van der Waals surface area contributed by atoms with E-state index < -0.39 is 0 Å². The average Bonchev–Trinajstić information content (AvgIpc) is 2.82. The summed E-state index contributed by atoms with van der Waals surface area (Å²) in [6.45, 7) is 7.25. The number of fused-ring (bicyclic) bond motifs is 1. The summed E-state index contributed by atoms with van der Waals surface area (Å²) < 4.78 is 2.17. The van der Waals surface area contributed by atoms with Gasteiger partial charge in [0.05, 0.1) is 6.04 Å². The van der Waals surface area contributed by atoms with Crippen molar-refractivity contribution in [3.05, 3.63) is 11.6 Å². The van der Waals surface area contributed by atoms with E-state index in [0.717, 1.165) is 37.5 Å². The molecule has 1 aliphatic heterocycles. The molecule has 2 rings (SSSR count). The highest BCUT2D eigenvalue weighted by molar-refractivity contribution is 5.76. The summed E-state index contributed by atoms with van der Waals surface area (Å²) in [6, 6.07) is -0.0596. The molecule has 1 aliphatic rings. The molecule has 0 fully saturated rings. The van der Waals surface area contributed by atoms with E-state index in [1.54, 1.807) is 0 Å². The molecular formula is C15H26N4O. The zero-order valence-corrected chi connectivity index (χ0v) is 12.9. The van der Waals surface area contributed by atoms with Crippen LogP contribution in [0.25, 0.3) is 0 Å². The zero-order chi connectivity index (χ0) is 14.5. The molecule has 2 atom stereocenters. The van der Waals surface area contributed by atoms with Gasteiger partial charge in [0.2, 0.25) is 5.91 Å². The van der Waals surface area contributed by atoms with E-state index in [2.05, 4.69) is 33.9 Å². The van der Waals surface area contributed by atoms with Gasteiger partial charge in [0.25, 0.3) is 0 Å². The van der Waals surface area contributed by atoms with Crippen molar-refractivity contribution in [2.24, 2.45) is 5.92 Å². The molecule has 5 heteroatoms. The third-order valence-electron chi connectivity index (χ3n) is 3.97. The Labute approximate surface area is 121 Å². The summed E-state index contributed by atoms with van der Waals surface area (Å²) in [4.78, 5) is 12.0. The summed E-state index contributed by atoms with van der Waals surface area (Å²) in [5.41, 5.74) is 0. The van der Waals surface area contributed by atoms with Gasteiger partial charge in [0.15, 0.2) is 5.82 Å². The fourth-order valence-corrected chi connectivity index (χ4v) is 2.93. The lowest BCUT2D eigenvalue weighted by Crippen LogP contribution is -2.30. The molecule has 2 heterocycles. The van der Waals surface area contributed by atoms with E-state index >= 15 is 0 Å². The highest BCUT2D eigenvalue weighted by Gasteiger charge is 2.21. The van der Waals surface area contributed by atoms with Gasteiger partial charge < -0.3 is 9.88 Å². The standard InChI is InChI=1S/C15H26N4O/c1-4-7-11(2)10-14(20)16-12(3)15-18-17-13-8-5-6-9-19(13)15/h11-12H,4-10H2,1-3H3,(H,16,20)/t11-,12+/m0/s1. The third-order valence-corrected chi connectivity index (χ3v) is 3.97. The fourth-order valence-electron chi connectivity index (χ4n) is 2.93. The summed E-state index contributed by atoms with van der Waals surface area (Å²) in [5, 5.41) is 11.6. The Morgan fingerprint density at radius 1 is 1.35 bits per heavy atom. The van der Waals surface area contributed by atoms with Gasteiger partial charge in [-0.05, 0) is 25.7 Å². The number of amides is 1. The summed E-state index contributed by atoms with van der Waals surface area (Å²) in [7, 11) is 0. The minimum atomic E-state index is -0.0596. The topological polar surface area (TPSA) is 59.8 Å². The number of nitrogens with zero attached hydrogens (tertiary/aromatic N) is 3. The van der Waals surface area contributed by atoms with Gasteiger partial charge in [-0.25, -0.2) is 0 Å². The van der Waals surface area contributed by atoms with Crippen LogP contribution in [-0.4, -0.2) is 20.7 Å². The number of aromatic nitrogens is 3. The second kappa shape index (κ2) is 6.86. The molecule has 0 radical (unpaired) electrons. The molecule has 1 aromatic heterocycles. The van der Waals surface area contributed by atoms with Gasteiger partial charge >= 0.3 is 0 Å². The molecule has 0 aliphatic carbocycles. The van der Waals surface area contributed by atoms with Crippen LogP contribution in [0.2, 0.25) is 0 Å². The van der Waals surface area contributed by atoms with E-state index in [9.17, 15) is 4.79 Å². The zero-order valence-electron chi connectivity index (χ0n) is 12.9. The smallest absolute Gasteiger partial charge is 0.220 e. The lowest BCUT2D eigenvalue weighted by Gasteiger charge is -2.19. The second-order valence-electron chi connectivity index (χ2n) is 5.97. The molecule has 112 valence electrons. The molecule has 20 heavy (non-hydrogen) atoms. The summed E-state index contributed by atoms with van der Waals surface area (Å²) >= 11 is 0. The molecule has 1 N–H and O–H groups in total. The number of hydrogen-bond donors (Lipinski definition) is 1. The van der Waals surface area contributed by atoms with Crippen molar-refractivity contribution >= 4 is 5.91 Å². The van der Waals surface area contributed by atoms with Crippen LogP contribution in [0.5, 0.6) is 0 Å². The number of hydrogen-bond acceptors (Lipinski definition) is 3. The van der Waals surface area contributed by atoms with Gasteiger partial charge in [-0.2, -0.15) is 0 Å². The van der Waals surface area contributed by atoms with Crippen LogP contribution in [0.3, 0.4) is 0 Å². The second-order valence-corrected chi connectivity index (χ2v) is 5.97. The minimum Gasteiger partial charge on any atom is -0.346 e. The Kier molecular flexibility index (Phi) is 5.15. The van der Waals surface area contributed by atoms with Crippen LogP contribution in [-0.2, 0) is 17.8 Å². The first-order chi connectivity index (χ1) is 9.61. The summed E-state index contributed by atoms with van der Waals surface area (Å²) in [5.74, 6) is 2.52. The van der Waals surface area contributed by atoms with E-state index in [1.807, 2.05) is 6.92 Å². The monoisotopic (exact) mass is 278 g/mol. The molecule has 5 nitrogen and oxygen atoms in total. The number of carbonyl (C=O) groups is 1. The number of nitrogens with one attached hydrogen (secondary N) is 1. The summed E-state index contributed by atoms with van der Waals surface area (Å²) in [6.07, 6.45) is 6.18. The van der Waals surface area contributed by atoms with Crippen molar-refractivity contribution in [1.82, 2.24) is 20.1 Å². The molecule has 0 unspecified atom stereocenters. The van der Waals surface area contributed by atoms with E-state index in [-0.39, 0.29) is 11.9 Å². The number of aryl methyl sites for hydroxylation is 1. The first-order valence-electron chi connectivity index (χ1n) is 7.83. The maximum atomic E-state index is 12.0.